The highest BCUT2D eigenvalue weighted by Crippen LogP contribution is 2.24. The summed E-state index contributed by atoms with van der Waals surface area (Å²) in [6.45, 7) is 0. The van der Waals surface area contributed by atoms with Crippen molar-refractivity contribution in [3.63, 3.8) is 0 Å². The van der Waals surface area contributed by atoms with Gasteiger partial charge in [0.25, 0.3) is 0 Å². The number of aromatic nitrogens is 1. The molecule has 0 aliphatic carbocycles. The van der Waals surface area contributed by atoms with Crippen molar-refractivity contribution in [3.8, 4) is 5.88 Å². The Morgan fingerprint density at radius 1 is 1.38 bits per heavy atom. The van der Waals surface area contributed by atoms with Crippen molar-refractivity contribution in [1.29, 1.82) is 0 Å². The third-order valence-electron chi connectivity index (χ3n) is 1.80. The molecule has 68 valence electrons. The van der Waals surface area contributed by atoms with Crippen LogP contribution < -0.4 is 0 Å². The molecule has 1 unspecified atom stereocenters. The lowest BCUT2D eigenvalue weighted by molar-refractivity contribution is 0.442. The van der Waals surface area contributed by atoms with E-state index in [1.54, 1.807) is 24.3 Å². The van der Waals surface area contributed by atoms with Gasteiger partial charge < -0.3 is 9.66 Å². The number of aromatic hydroxyl groups is 1. The van der Waals surface area contributed by atoms with Gasteiger partial charge in [0.15, 0.2) is 0 Å². The SMILES string of the molecule is O=S([O-])n1c(O)cc2ccccc21. The van der Waals surface area contributed by atoms with Crippen LogP contribution in [0, 0.1) is 0 Å². The van der Waals surface area contributed by atoms with Crippen molar-refractivity contribution in [1.82, 2.24) is 3.97 Å². The molecule has 0 aliphatic rings. The van der Waals surface area contributed by atoms with Crippen molar-refractivity contribution >= 4 is 22.2 Å². The van der Waals surface area contributed by atoms with Crippen LogP contribution in [-0.2, 0) is 11.3 Å². The summed E-state index contributed by atoms with van der Waals surface area (Å²) in [5, 5.41) is 9.97. The average Bonchev–Trinajstić information content (AvgIpc) is 2.39. The second kappa shape index (κ2) is 2.86. The summed E-state index contributed by atoms with van der Waals surface area (Å²) in [6, 6.07) is 8.26. The molecule has 2 rings (SSSR count). The summed E-state index contributed by atoms with van der Waals surface area (Å²) in [5.41, 5.74) is 0.480. The number of para-hydroxylation sites is 1. The van der Waals surface area contributed by atoms with Gasteiger partial charge in [-0.2, -0.15) is 0 Å². The molecular weight excluding hydrogens is 190 g/mol. The van der Waals surface area contributed by atoms with Gasteiger partial charge in [0.1, 0.15) is 0 Å². The van der Waals surface area contributed by atoms with Crippen LogP contribution in [-0.4, -0.2) is 17.8 Å². The van der Waals surface area contributed by atoms with Gasteiger partial charge in [0, 0.05) is 11.5 Å². The molecule has 13 heavy (non-hydrogen) atoms. The van der Waals surface area contributed by atoms with E-state index in [-0.39, 0.29) is 5.88 Å². The number of fused-ring (bicyclic) bond motifs is 1. The molecule has 0 spiro atoms. The zero-order chi connectivity index (χ0) is 9.42. The predicted molar refractivity (Wildman–Crippen MR) is 47.9 cm³/mol. The second-order valence-corrected chi connectivity index (χ2v) is 3.37. The summed E-state index contributed by atoms with van der Waals surface area (Å²) in [5.74, 6) is -0.269. The van der Waals surface area contributed by atoms with Crippen molar-refractivity contribution < 1.29 is 13.9 Å². The van der Waals surface area contributed by atoms with E-state index in [0.29, 0.717) is 10.9 Å². The largest absolute Gasteiger partial charge is 0.755 e. The van der Waals surface area contributed by atoms with Crippen LogP contribution >= 0.6 is 0 Å². The molecule has 0 amide bonds. The molecule has 1 heterocycles. The molecule has 0 fully saturated rings. The van der Waals surface area contributed by atoms with Crippen LogP contribution in [0.5, 0.6) is 5.88 Å². The molecule has 0 bridgehead atoms. The first-order chi connectivity index (χ1) is 6.20. The Morgan fingerprint density at radius 3 is 2.77 bits per heavy atom. The Hall–Kier alpha value is -1.33. The third kappa shape index (κ3) is 1.22. The van der Waals surface area contributed by atoms with Crippen LogP contribution in [0.2, 0.25) is 0 Å². The van der Waals surface area contributed by atoms with E-state index in [4.69, 9.17) is 0 Å². The van der Waals surface area contributed by atoms with Gasteiger partial charge in [-0.3, -0.25) is 4.21 Å². The molecule has 0 radical (unpaired) electrons. The van der Waals surface area contributed by atoms with Crippen LogP contribution in [0.25, 0.3) is 10.9 Å². The number of benzene rings is 1. The summed E-state index contributed by atoms with van der Waals surface area (Å²) in [6.07, 6.45) is 0. The van der Waals surface area contributed by atoms with E-state index in [2.05, 4.69) is 0 Å². The molecule has 4 nitrogen and oxygen atoms in total. The third-order valence-corrected chi connectivity index (χ3v) is 2.48. The normalized spacial score (nSPS) is 13.3. The maximum Gasteiger partial charge on any atom is 0.203 e. The minimum absolute atomic E-state index is 0.269. The van der Waals surface area contributed by atoms with Crippen LogP contribution in [0.4, 0.5) is 0 Å². The van der Waals surface area contributed by atoms with Gasteiger partial charge in [-0.05, 0) is 6.07 Å². The van der Waals surface area contributed by atoms with Crippen molar-refractivity contribution in [3.05, 3.63) is 30.3 Å². The number of nitrogens with zero attached hydrogens (tertiary/aromatic N) is 1. The Balaban J connectivity index is 2.86. The molecule has 1 aromatic heterocycles. The van der Waals surface area contributed by atoms with Gasteiger partial charge >= 0.3 is 0 Å². The van der Waals surface area contributed by atoms with Gasteiger partial charge in [0.05, 0.1) is 16.8 Å². The number of rotatable bonds is 1. The summed E-state index contributed by atoms with van der Waals surface area (Å²) in [4.78, 5) is 0. The van der Waals surface area contributed by atoms with Gasteiger partial charge in [-0.15, -0.1) is 0 Å². The first-order valence-electron chi connectivity index (χ1n) is 3.59. The molecular formula is C8H6NO3S-. The highest BCUT2D eigenvalue weighted by Gasteiger charge is 2.06. The van der Waals surface area contributed by atoms with E-state index in [1.165, 1.54) is 6.07 Å². The molecule has 1 atom stereocenters. The first-order valence-corrected chi connectivity index (χ1v) is 4.62. The topological polar surface area (TPSA) is 65.3 Å². The minimum Gasteiger partial charge on any atom is -0.755 e. The monoisotopic (exact) mass is 196 g/mol. The van der Waals surface area contributed by atoms with Gasteiger partial charge in [-0.25, -0.2) is 3.97 Å². The lowest BCUT2D eigenvalue weighted by Gasteiger charge is -2.08. The number of hydrogen-bond donors (Lipinski definition) is 1. The lowest BCUT2D eigenvalue weighted by atomic mass is 10.3. The molecule has 1 N–H and O–H groups in total. The average molecular weight is 196 g/mol. The summed E-state index contributed by atoms with van der Waals surface area (Å²) in [7, 11) is 0. The Labute approximate surface area is 76.8 Å². The Morgan fingerprint density at radius 2 is 2.08 bits per heavy atom. The Bertz CT molecular complexity index is 477. The fourth-order valence-corrected chi connectivity index (χ4v) is 1.80. The fourth-order valence-electron chi connectivity index (χ4n) is 1.27. The Kier molecular flexibility index (Phi) is 1.82. The second-order valence-electron chi connectivity index (χ2n) is 2.57. The zero-order valence-corrected chi connectivity index (χ0v) is 7.32. The minimum atomic E-state index is -2.47. The molecule has 2 aromatic rings. The van der Waals surface area contributed by atoms with E-state index in [0.717, 1.165) is 3.97 Å². The molecule has 0 saturated carbocycles. The van der Waals surface area contributed by atoms with Crippen LogP contribution in [0.15, 0.2) is 30.3 Å². The van der Waals surface area contributed by atoms with E-state index >= 15 is 0 Å². The predicted octanol–water partition coefficient (Wildman–Crippen LogP) is 0.989. The molecule has 0 aliphatic heterocycles. The summed E-state index contributed by atoms with van der Waals surface area (Å²) < 4.78 is 22.2. The summed E-state index contributed by atoms with van der Waals surface area (Å²) >= 11 is -2.47. The molecule has 5 heteroatoms. The van der Waals surface area contributed by atoms with E-state index in [9.17, 15) is 13.9 Å². The quantitative estimate of drug-likeness (QED) is 0.691. The maximum atomic E-state index is 10.7. The van der Waals surface area contributed by atoms with E-state index in [1.807, 2.05) is 0 Å². The van der Waals surface area contributed by atoms with Crippen LogP contribution in [0.1, 0.15) is 0 Å². The lowest BCUT2D eigenvalue weighted by Crippen LogP contribution is -2.01. The van der Waals surface area contributed by atoms with Crippen molar-refractivity contribution in [2.45, 2.75) is 0 Å². The van der Waals surface area contributed by atoms with E-state index < -0.39 is 11.3 Å². The number of hydrogen-bond acceptors (Lipinski definition) is 3. The van der Waals surface area contributed by atoms with Crippen molar-refractivity contribution in [2.75, 3.05) is 0 Å². The van der Waals surface area contributed by atoms with Crippen LogP contribution in [0.3, 0.4) is 0 Å². The maximum absolute atomic E-state index is 10.7. The highest BCUT2D eigenvalue weighted by atomic mass is 32.2. The molecule has 0 saturated heterocycles. The molecule has 1 aromatic carbocycles. The highest BCUT2D eigenvalue weighted by molar-refractivity contribution is 7.77. The smallest absolute Gasteiger partial charge is 0.203 e. The standard InChI is InChI=1S/C8H7NO3S/c10-8-5-6-3-1-2-4-7(6)9(8)13(11)12/h1-5,10H,(H,11,12)/p-1. The fraction of sp³-hybridized carbons (Fsp3) is 0. The van der Waals surface area contributed by atoms with Gasteiger partial charge in [0.2, 0.25) is 5.88 Å². The zero-order valence-electron chi connectivity index (χ0n) is 6.51. The van der Waals surface area contributed by atoms with Gasteiger partial charge in [-0.1, -0.05) is 18.2 Å². The first kappa shape index (κ1) is 8.28. The van der Waals surface area contributed by atoms with Crippen molar-refractivity contribution in [2.24, 2.45) is 0 Å².